The van der Waals surface area contributed by atoms with E-state index in [-0.39, 0.29) is 23.6 Å². The fourth-order valence-electron chi connectivity index (χ4n) is 4.92. The van der Waals surface area contributed by atoms with Crippen LogP contribution in [0.5, 0.6) is 0 Å². The van der Waals surface area contributed by atoms with Crippen molar-refractivity contribution in [1.82, 2.24) is 14.7 Å². The summed E-state index contributed by atoms with van der Waals surface area (Å²) in [4.78, 5) is 15.0. The molecule has 28 heavy (non-hydrogen) atoms. The highest BCUT2D eigenvalue weighted by Gasteiger charge is 2.40. The van der Waals surface area contributed by atoms with Gasteiger partial charge in [0, 0.05) is 31.5 Å². The molecule has 0 unspecified atom stereocenters. The summed E-state index contributed by atoms with van der Waals surface area (Å²) in [7, 11) is 1.92. The Morgan fingerprint density at radius 2 is 2.04 bits per heavy atom. The largest absolute Gasteiger partial charge is 0.345 e. The molecule has 1 heterocycles. The Hall–Kier alpha value is -2.43. The molecule has 0 saturated carbocycles. The molecule has 2 atom stereocenters. The topological polar surface area (TPSA) is 38.1 Å². The molecule has 1 amide bonds. The zero-order valence-electron chi connectivity index (χ0n) is 17.1. The number of carbonyl (C=O) groups is 1. The van der Waals surface area contributed by atoms with Crippen LogP contribution in [-0.4, -0.2) is 34.2 Å². The van der Waals surface area contributed by atoms with Crippen LogP contribution < -0.4 is 0 Å². The fourth-order valence-corrected chi connectivity index (χ4v) is 4.92. The van der Waals surface area contributed by atoms with Crippen LogP contribution in [0.1, 0.15) is 50.8 Å². The van der Waals surface area contributed by atoms with Crippen LogP contribution in [-0.2, 0) is 11.2 Å². The first kappa shape index (κ1) is 18.9. The van der Waals surface area contributed by atoms with Crippen molar-refractivity contribution in [2.75, 3.05) is 13.6 Å². The van der Waals surface area contributed by atoms with Crippen molar-refractivity contribution < 1.29 is 9.18 Å². The number of amides is 1. The van der Waals surface area contributed by atoms with E-state index in [2.05, 4.69) is 25.9 Å². The third-order valence-corrected chi connectivity index (χ3v) is 6.12. The third kappa shape index (κ3) is 3.17. The third-order valence-electron chi connectivity index (χ3n) is 6.12. The standard InChI is InChI=1S/C23H28FN3O/c1-14(2)13-26(4)23(28)19-10-5-16-11-21-20(15(3)22(16)19)12-25-27(21)18-8-6-17(24)7-9-18/h6-9,12,14-15,19H,5,10-11,13H2,1-4H3/t15-,19+/m0/s1. The average Bonchev–Trinajstić information content (AvgIpc) is 3.26. The lowest BCUT2D eigenvalue weighted by Crippen LogP contribution is -2.36. The number of nitrogens with zero attached hydrogens (tertiary/aromatic N) is 3. The van der Waals surface area contributed by atoms with Crippen LogP contribution in [0.3, 0.4) is 0 Å². The highest BCUT2D eigenvalue weighted by Crippen LogP contribution is 2.47. The lowest BCUT2D eigenvalue weighted by atomic mass is 9.79. The minimum Gasteiger partial charge on any atom is -0.345 e. The van der Waals surface area contributed by atoms with Crippen LogP contribution in [0.4, 0.5) is 4.39 Å². The predicted molar refractivity (Wildman–Crippen MR) is 108 cm³/mol. The molecule has 0 saturated heterocycles. The maximum Gasteiger partial charge on any atom is 0.229 e. The van der Waals surface area contributed by atoms with Crippen molar-refractivity contribution in [3.8, 4) is 5.69 Å². The Bertz CT molecular complexity index is 926. The van der Waals surface area contributed by atoms with Gasteiger partial charge in [-0.2, -0.15) is 5.10 Å². The number of rotatable bonds is 4. The van der Waals surface area contributed by atoms with Crippen LogP contribution in [0.15, 0.2) is 41.6 Å². The molecular formula is C23H28FN3O. The zero-order valence-corrected chi connectivity index (χ0v) is 17.1. The number of carbonyl (C=O) groups excluding carboxylic acids is 1. The SMILES string of the molecule is CC(C)CN(C)C(=O)[C@@H]1CCC2=C1[C@@H](C)c1cnn(-c3ccc(F)cc3)c1C2. The van der Waals surface area contributed by atoms with Crippen molar-refractivity contribution in [2.24, 2.45) is 11.8 Å². The summed E-state index contributed by atoms with van der Waals surface area (Å²) in [5, 5.41) is 4.59. The number of benzene rings is 1. The fraction of sp³-hybridized carbons (Fsp3) is 0.478. The highest BCUT2D eigenvalue weighted by atomic mass is 19.1. The lowest BCUT2D eigenvalue weighted by Gasteiger charge is -2.29. The Kier molecular flexibility index (Phi) is 4.86. The average molecular weight is 381 g/mol. The van der Waals surface area contributed by atoms with Gasteiger partial charge in [-0.15, -0.1) is 0 Å². The molecule has 0 aliphatic heterocycles. The van der Waals surface area contributed by atoms with Gasteiger partial charge in [0.05, 0.1) is 23.5 Å². The van der Waals surface area contributed by atoms with E-state index >= 15 is 0 Å². The van der Waals surface area contributed by atoms with Crippen molar-refractivity contribution >= 4 is 5.91 Å². The Labute approximate surface area is 166 Å². The van der Waals surface area contributed by atoms with E-state index in [9.17, 15) is 9.18 Å². The van der Waals surface area contributed by atoms with Gasteiger partial charge in [-0.25, -0.2) is 9.07 Å². The number of hydrogen-bond acceptors (Lipinski definition) is 2. The van der Waals surface area contributed by atoms with Gasteiger partial charge in [0.15, 0.2) is 0 Å². The Morgan fingerprint density at radius 1 is 1.32 bits per heavy atom. The molecule has 2 aliphatic rings. The van der Waals surface area contributed by atoms with E-state index < -0.39 is 0 Å². The molecule has 5 heteroatoms. The van der Waals surface area contributed by atoms with Gasteiger partial charge in [-0.05, 0) is 43.0 Å². The van der Waals surface area contributed by atoms with Crippen molar-refractivity contribution in [2.45, 2.75) is 46.0 Å². The number of fused-ring (bicyclic) bond motifs is 1. The molecular weight excluding hydrogens is 353 g/mol. The first-order valence-electron chi connectivity index (χ1n) is 10.2. The van der Waals surface area contributed by atoms with Crippen LogP contribution in [0, 0.1) is 17.7 Å². The molecule has 1 aromatic carbocycles. The molecule has 0 bridgehead atoms. The van der Waals surface area contributed by atoms with Gasteiger partial charge in [0.25, 0.3) is 0 Å². The maximum absolute atomic E-state index is 13.3. The number of halogens is 1. The van der Waals surface area contributed by atoms with Gasteiger partial charge in [0.1, 0.15) is 5.82 Å². The molecule has 4 rings (SSSR count). The second-order valence-corrected chi connectivity index (χ2v) is 8.60. The van der Waals surface area contributed by atoms with E-state index in [1.165, 1.54) is 34.5 Å². The van der Waals surface area contributed by atoms with Crippen LogP contribution in [0.25, 0.3) is 5.69 Å². The smallest absolute Gasteiger partial charge is 0.229 e. The second kappa shape index (κ2) is 7.19. The number of allylic oxidation sites excluding steroid dienone is 1. The molecule has 4 nitrogen and oxygen atoms in total. The number of hydrogen-bond donors (Lipinski definition) is 0. The molecule has 1 aromatic heterocycles. The van der Waals surface area contributed by atoms with E-state index in [0.717, 1.165) is 31.5 Å². The van der Waals surface area contributed by atoms with Crippen LogP contribution in [0.2, 0.25) is 0 Å². The van der Waals surface area contributed by atoms with Crippen molar-refractivity contribution in [3.63, 3.8) is 0 Å². The lowest BCUT2D eigenvalue weighted by molar-refractivity contribution is -0.133. The maximum atomic E-state index is 13.3. The van der Waals surface area contributed by atoms with E-state index in [1.54, 1.807) is 12.1 Å². The van der Waals surface area contributed by atoms with Crippen molar-refractivity contribution in [1.29, 1.82) is 0 Å². The molecule has 0 N–H and O–H groups in total. The van der Waals surface area contributed by atoms with Gasteiger partial charge >= 0.3 is 0 Å². The van der Waals surface area contributed by atoms with E-state index in [4.69, 9.17) is 0 Å². The van der Waals surface area contributed by atoms with Crippen LogP contribution >= 0.6 is 0 Å². The zero-order chi connectivity index (χ0) is 20.0. The van der Waals surface area contributed by atoms with Gasteiger partial charge in [-0.3, -0.25) is 4.79 Å². The molecule has 2 aliphatic carbocycles. The summed E-state index contributed by atoms with van der Waals surface area (Å²) in [6.07, 6.45) is 4.62. The number of aromatic nitrogens is 2. The highest BCUT2D eigenvalue weighted by molar-refractivity contribution is 5.83. The first-order valence-corrected chi connectivity index (χ1v) is 10.2. The van der Waals surface area contributed by atoms with Gasteiger partial charge in [0.2, 0.25) is 5.91 Å². The second-order valence-electron chi connectivity index (χ2n) is 8.60. The summed E-state index contributed by atoms with van der Waals surface area (Å²) in [6.45, 7) is 7.27. The molecule has 148 valence electrons. The first-order chi connectivity index (χ1) is 13.4. The summed E-state index contributed by atoms with van der Waals surface area (Å²) in [5.41, 5.74) is 5.93. The Balaban J connectivity index is 1.63. The van der Waals surface area contributed by atoms with E-state index in [1.807, 2.05) is 22.8 Å². The van der Waals surface area contributed by atoms with E-state index in [0.29, 0.717) is 5.92 Å². The summed E-state index contributed by atoms with van der Waals surface area (Å²) in [5.74, 6) is 0.659. The molecule has 0 fully saturated rings. The normalized spacial score (nSPS) is 21.1. The molecule has 2 aromatic rings. The summed E-state index contributed by atoms with van der Waals surface area (Å²) >= 11 is 0. The molecule has 0 radical (unpaired) electrons. The van der Waals surface area contributed by atoms with Gasteiger partial charge in [-0.1, -0.05) is 31.9 Å². The minimum absolute atomic E-state index is 0.00364. The quantitative estimate of drug-likeness (QED) is 0.732. The monoisotopic (exact) mass is 381 g/mol. The van der Waals surface area contributed by atoms with Gasteiger partial charge < -0.3 is 4.90 Å². The Morgan fingerprint density at radius 3 is 2.71 bits per heavy atom. The summed E-state index contributed by atoms with van der Waals surface area (Å²) < 4.78 is 15.2. The minimum atomic E-state index is -0.245. The summed E-state index contributed by atoms with van der Waals surface area (Å²) in [6, 6.07) is 6.46. The predicted octanol–water partition coefficient (Wildman–Crippen LogP) is 4.49. The van der Waals surface area contributed by atoms with Crippen molar-refractivity contribution in [3.05, 3.63) is 58.7 Å². The molecule has 0 spiro atoms.